The van der Waals surface area contributed by atoms with E-state index in [9.17, 15) is 5.11 Å². The molecule has 3 heteroatoms. The van der Waals surface area contributed by atoms with E-state index in [0.717, 1.165) is 24.9 Å². The Morgan fingerprint density at radius 3 is 2.41 bits per heavy atom. The zero-order valence-corrected chi connectivity index (χ0v) is 12.0. The van der Waals surface area contributed by atoms with Gasteiger partial charge in [-0.2, -0.15) is 0 Å². The van der Waals surface area contributed by atoms with Crippen molar-refractivity contribution in [3.63, 3.8) is 0 Å². The maximum Gasteiger partial charge on any atom is 0.0610 e. The van der Waals surface area contributed by atoms with Crippen LogP contribution in [0.25, 0.3) is 0 Å². The number of hydrogen-bond donors (Lipinski definition) is 2. The highest BCUT2D eigenvalue weighted by Crippen LogP contribution is 2.28. The van der Waals surface area contributed by atoms with Gasteiger partial charge < -0.3 is 15.3 Å². The molecule has 0 radical (unpaired) electrons. The molecule has 1 rings (SSSR count). The molecule has 3 nitrogen and oxygen atoms in total. The van der Waals surface area contributed by atoms with Gasteiger partial charge in [-0.05, 0) is 52.1 Å². The molecule has 1 atom stereocenters. The zero-order valence-electron chi connectivity index (χ0n) is 12.0. The van der Waals surface area contributed by atoms with E-state index in [0.29, 0.717) is 0 Å². The molecule has 0 heterocycles. The summed E-state index contributed by atoms with van der Waals surface area (Å²) in [7, 11) is 1.94. The Bertz CT molecular complexity index is 210. The molecule has 0 aromatic rings. The minimum Gasteiger partial charge on any atom is -0.394 e. The van der Waals surface area contributed by atoms with E-state index in [1.54, 1.807) is 0 Å². The summed E-state index contributed by atoms with van der Waals surface area (Å²) in [6, 6.07) is 0.827. The third-order valence-electron chi connectivity index (χ3n) is 3.96. The molecule has 0 saturated heterocycles. The summed E-state index contributed by atoms with van der Waals surface area (Å²) in [5, 5.41) is 12.6. The highest BCUT2D eigenvalue weighted by molar-refractivity contribution is 4.88. The lowest BCUT2D eigenvalue weighted by atomic mass is 9.99. The number of aliphatic hydroxyl groups excluding tert-OH is 1. The number of rotatable bonds is 9. The third kappa shape index (κ3) is 5.36. The van der Waals surface area contributed by atoms with Gasteiger partial charge in [0.25, 0.3) is 0 Å². The van der Waals surface area contributed by atoms with E-state index < -0.39 is 0 Å². The van der Waals surface area contributed by atoms with Crippen molar-refractivity contribution in [3.05, 3.63) is 0 Å². The predicted molar refractivity (Wildman–Crippen MR) is 73.2 cm³/mol. The zero-order chi connectivity index (χ0) is 12.9. The fraction of sp³-hybridized carbons (Fsp3) is 1.00. The molecule has 0 aliphatic heterocycles. The van der Waals surface area contributed by atoms with Crippen molar-refractivity contribution in [2.75, 3.05) is 26.7 Å². The summed E-state index contributed by atoms with van der Waals surface area (Å²) in [6.45, 7) is 9.21. The maximum atomic E-state index is 9.39. The predicted octanol–water partition coefficient (Wildman–Crippen LogP) is 1.86. The van der Waals surface area contributed by atoms with Crippen LogP contribution in [0.3, 0.4) is 0 Å². The first-order valence-electron chi connectivity index (χ1n) is 7.04. The van der Waals surface area contributed by atoms with Gasteiger partial charge in [-0.3, -0.25) is 0 Å². The third-order valence-corrected chi connectivity index (χ3v) is 3.96. The van der Waals surface area contributed by atoms with Crippen molar-refractivity contribution in [1.82, 2.24) is 10.2 Å². The van der Waals surface area contributed by atoms with E-state index in [1.807, 2.05) is 7.05 Å². The Labute approximate surface area is 107 Å². The van der Waals surface area contributed by atoms with Gasteiger partial charge in [-0.25, -0.2) is 0 Å². The number of nitrogens with one attached hydrogen (secondary N) is 1. The van der Waals surface area contributed by atoms with Crippen LogP contribution in [0.5, 0.6) is 0 Å². The Kier molecular flexibility index (Phi) is 5.90. The molecule has 0 amide bonds. The molecule has 0 aromatic heterocycles. The average molecular weight is 242 g/mol. The first-order chi connectivity index (χ1) is 8.00. The summed E-state index contributed by atoms with van der Waals surface area (Å²) in [5.74, 6) is 0.782. The smallest absolute Gasteiger partial charge is 0.0610 e. The van der Waals surface area contributed by atoms with E-state index in [1.165, 1.54) is 25.8 Å². The highest BCUT2D eigenvalue weighted by Gasteiger charge is 2.30. The van der Waals surface area contributed by atoms with Crippen LogP contribution < -0.4 is 5.32 Å². The van der Waals surface area contributed by atoms with Crippen LogP contribution in [0.1, 0.15) is 46.5 Å². The van der Waals surface area contributed by atoms with Gasteiger partial charge in [0.1, 0.15) is 0 Å². The summed E-state index contributed by atoms with van der Waals surface area (Å²) in [5.41, 5.74) is -0.120. The molecular formula is C14H30N2O. The summed E-state index contributed by atoms with van der Waals surface area (Å²) >= 11 is 0. The van der Waals surface area contributed by atoms with Crippen LogP contribution in [0.15, 0.2) is 0 Å². The molecule has 1 unspecified atom stereocenters. The van der Waals surface area contributed by atoms with Gasteiger partial charge >= 0.3 is 0 Å². The highest BCUT2D eigenvalue weighted by atomic mass is 16.3. The number of aliphatic hydroxyl groups is 1. The summed E-state index contributed by atoms with van der Waals surface area (Å²) < 4.78 is 0. The van der Waals surface area contributed by atoms with Crippen LogP contribution in [-0.2, 0) is 0 Å². The van der Waals surface area contributed by atoms with Crippen LogP contribution in [0.2, 0.25) is 0 Å². The van der Waals surface area contributed by atoms with Gasteiger partial charge in [0.2, 0.25) is 0 Å². The number of likely N-dealkylation sites (N-methyl/N-ethyl adjacent to an activating group) is 1. The van der Waals surface area contributed by atoms with Crippen LogP contribution >= 0.6 is 0 Å². The molecule has 17 heavy (non-hydrogen) atoms. The number of hydrogen-bond acceptors (Lipinski definition) is 3. The molecule has 1 aliphatic carbocycles. The lowest BCUT2D eigenvalue weighted by molar-refractivity contribution is 0.147. The van der Waals surface area contributed by atoms with Crippen molar-refractivity contribution in [2.24, 2.45) is 5.92 Å². The molecular weight excluding hydrogens is 212 g/mol. The topological polar surface area (TPSA) is 35.5 Å². The van der Waals surface area contributed by atoms with E-state index in [2.05, 4.69) is 31.0 Å². The monoisotopic (exact) mass is 242 g/mol. The van der Waals surface area contributed by atoms with Crippen molar-refractivity contribution < 1.29 is 5.11 Å². The SMILES string of the molecule is CNC(C)(CO)CCN(CCC(C)C)C1CC1. The van der Waals surface area contributed by atoms with E-state index >= 15 is 0 Å². The van der Waals surface area contributed by atoms with Crippen molar-refractivity contribution in [1.29, 1.82) is 0 Å². The van der Waals surface area contributed by atoms with Gasteiger partial charge in [-0.1, -0.05) is 13.8 Å². The quantitative estimate of drug-likeness (QED) is 0.648. The standard InChI is InChI=1S/C14H30N2O/c1-12(2)7-9-16(13-5-6-13)10-8-14(3,11-17)15-4/h12-13,15,17H,5-11H2,1-4H3. The Balaban J connectivity index is 2.33. The Morgan fingerprint density at radius 2 is 2.00 bits per heavy atom. The number of nitrogens with zero attached hydrogens (tertiary/aromatic N) is 1. The summed E-state index contributed by atoms with van der Waals surface area (Å²) in [6.07, 6.45) is 5.04. The van der Waals surface area contributed by atoms with Crippen molar-refractivity contribution in [2.45, 2.75) is 58.0 Å². The fourth-order valence-corrected chi connectivity index (χ4v) is 2.01. The van der Waals surface area contributed by atoms with Gasteiger partial charge in [0.15, 0.2) is 0 Å². The van der Waals surface area contributed by atoms with Crippen molar-refractivity contribution >= 4 is 0 Å². The Morgan fingerprint density at radius 1 is 1.35 bits per heavy atom. The summed E-state index contributed by atoms with van der Waals surface area (Å²) in [4.78, 5) is 2.62. The van der Waals surface area contributed by atoms with Crippen LogP contribution in [0.4, 0.5) is 0 Å². The first-order valence-corrected chi connectivity index (χ1v) is 7.04. The Hall–Kier alpha value is -0.120. The minimum absolute atomic E-state index is 0.120. The minimum atomic E-state index is -0.120. The van der Waals surface area contributed by atoms with Crippen molar-refractivity contribution in [3.8, 4) is 0 Å². The average Bonchev–Trinajstić information content (AvgIpc) is 3.12. The largest absolute Gasteiger partial charge is 0.394 e. The first kappa shape index (κ1) is 14.9. The van der Waals surface area contributed by atoms with Crippen LogP contribution in [0, 0.1) is 5.92 Å². The van der Waals surface area contributed by atoms with E-state index in [-0.39, 0.29) is 12.1 Å². The molecule has 1 fully saturated rings. The fourth-order valence-electron chi connectivity index (χ4n) is 2.01. The van der Waals surface area contributed by atoms with Gasteiger partial charge in [-0.15, -0.1) is 0 Å². The molecule has 1 saturated carbocycles. The second-order valence-corrected chi connectivity index (χ2v) is 6.17. The molecule has 1 aliphatic rings. The second kappa shape index (κ2) is 6.72. The molecule has 0 spiro atoms. The van der Waals surface area contributed by atoms with E-state index in [4.69, 9.17) is 0 Å². The molecule has 0 aromatic carbocycles. The second-order valence-electron chi connectivity index (χ2n) is 6.17. The lowest BCUT2D eigenvalue weighted by Crippen LogP contribution is -2.46. The lowest BCUT2D eigenvalue weighted by Gasteiger charge is -2.31. The normalized spacial score (nSPS) is 19.9. The molecule has 0 bridgehead atoms. The van der Waals surface area contributed by atoms with Gasteiger partial charge in [0, 0.05) is 18.1 Å². The maximum absolute atomic E-state index is 9.39. The van der Waals surface area contributed by atoms with Gasteiger partial charge in [0.05, 0.1) is 6.61 Å². The van der Waals surface area contributed by atoms with Crippen LogP contribution in [-0.4, -0.2) is 48.3 Å². The molecule has 2 N–H and O–H groups in total. The molecule has 102 valence electrons.